The molecule has 0 aliphatic heterocycles. The topological polar surface area (TPSA) is 43.1 Å². The van der Waals surface area contributed by atoms with E-state index in [0.29, 0.717) is 0 Å². The zero-order chi connectivity index (χ0) is 9.26. The molecule has 2 N–H and O–H groups in total. The van der Waals surface area contributed by atoms with Crippen molar-refractivity contribution in [1.82, 2.24) is 0 Å². The van der Waals surface area contributed by atoms with Gasteiger partial charge in [0.2, 0.25) is 0 Å². The van der Waals surface area contributed by atoms with Gasteiger partial charge >= 0.3 is 0 Å². The van der Waals surface area contributed by atoms with Crippen molar-refractivity contribution in [3.8, 4) is 0 Å². The summed E-state index contributed by atoms with van der Waals surface area (Å²) in [5, 5.41) is 0. The first-order chi connectivity index (χ1) is 6.31. The van der Waals surface area contributed by atoms with Gasteiger partial charge < -0.3 is 5.73 Å². The molecule has 68 valence electrons. The Balaban J connectivity index is 2.18. The first-order valence-corrected chi connectivity index (χ1v) is 4.61. The molecule has 0 aromatic heterocycles. The van der Waals surface area contributed by atoms with Crippen LogP contribution in [0.1, 0.15) is 11.1 Å². The van der Waals surface area contributed by atoms with Gasteiger partial charge in [-0.05, 0) is 24.0 Å². The van der Waals surface area contributed by atoms with Crippen LogP contribution < -0.4 is 5.73 Å². The van der Waals surface area contributed by atoms with Crippen LogP contribution in [0.25, 0.3) is 0 Å². The monoisotopic (exact) mass is 175 g/mol. The number of fused-ring (bicyclic) bond motifs is 1. The van der Waals surface area contributed by atoms with Crippen molar-refractivity contribution in [1.29, 1.82) is 0 Å². The zero-order valence-corrected chi connectivity index (χ0v) is 7.49. The number of carbonyl (C=O) groups is 1. The SMILES string of the molecule is NCC(=O)C1Cc2ccccc2C1. The van der Waals surface area contributed by atoms with Crippen LogP contribution in [-0.2, 0) is 17.6 Å². The number of ketones is 1. The second-order valence-corrected chi connectivity index (χ2v) is 3.54. The van der Waals surface area contributed by atoms with Crippen LogP contribution >= 0.6 is 0 Å². The minimum absolute atomic E-state index is 0.141. The van der Waals surface area contributed by atoms with Crippen LogP contribution in [0.2, 0.25) is 0 Å². The van der Waals surface area contributed by atoms with E-state index in [9.17, 15) is 4.79 Å². The van der Waals surface area contributed by atoms with E-state index in [1.54, 1.807) is 0 Å². The Kier molecular flexibility index (Phi) is 2.15. The fourth-order valence-electron chi connectivity index (χ4n) is 1.95. The van der Waals surface area contributed by atoms with Crippen molar-refractivity contribution in [2.75, 3.05) is 6.54 Å². The number of Topliss-reactive ketones (excluding diaryl/α,β-unsaturated/α-hetero) is 1. The first kappa shape index (κ1) is 8.45. The number of hydrogen-bond donors (Lipinski definition) is 1. The molecule has 0 atom stereocenters. The van der Waals surface area contributed by atoms with E-state index >= 15 is 0 Å². The van der Waals surface area contributed by atoms with E-state index in [1.165, 1.54) is 11.1 Å². The number of hydrogen-bond acceptors (Lipinski definition) is 2. The Labute approximate surface area is 77.8 Å². The van der Waals surface area contributed by atoms with Crippen LogP contribution in [-0.4, -0.2) is 12.3 Å². The van der Waals surface area contributed by atoms with Gasteiger partial charge in [-0.15, -0.1) is 0 Å². The summed E-state index contributed by atoms with van der Waals surface area (Å²) < 4.78 is 0. The first-order valence-electron chi connectivity index (χ1n) is 4.61. The maximum absolute atomic E-state index is 11.4. The molecule has 0 bridgehead atoms. The highest BCUT2D eigenvalue weighted by Gasteiger charge is 2.25. The summed E-state index contributed by atoms with van der Waals surface area (Å²) in [6.45, 7) is 0.179. The summed E-state index contributed by atoms with van der Waals surface area (Å²) in [7, 11) is 0. The fraction of sp³-hybridized carbons (Fsp3) is 0.364. The summed E-state index contributed by atoms with van der Waals surface area (Å²) >= 11 is 0. The van der Waals surface area contributed by atoms with Gasteiger partial charge in [0.05, 0.1) is 6.54 Å². The maximum Gasteiger partial charge on any atom is 0.150 e. The van der Waals surface area contributed by atoms with Gasteiger partial charge in [0.25, 0.3) is 0 Å². The van der Waals surface area contributed by atoms with Crippen molar-refractivity contribution < 1.29 is 4.79 Å². The van der Waals surface area contributed by atoms with E-state index in [1.807, 2.05) is 12.1 Å². The second-order valence-electron chi connectivity index (χ2n) is 3.54. The molecule has 2 rings (SSSR count). The molecule has 1 aliphatic carbocycles. The van der Waals surface area contributed by atoms with Crippen molar-refractivity contribution in [2.24, 2.45) is 11.7 Å². The normalized spacial score (nSPS) is 15.8. The smallest absolute Gasteiger partial charge is 0.150 e. The highest BCUT2D eigenvalue weighted by molar-refractivity contribution is 5.84. The Morgan fingerprint density at radius 1 is 1.31 bits per heavy atom. The van der Waals surface area contributed by atoms with E-state index in [4.69, 9.17) is 5.73 Å². The molecule has 1 aromatic carbocycles. The molecule has 0 saturated heterocycles. The van der Waals surface area contributed by atoms with Crippen molar-refractivity contribution in [2.45, 2.75) is 12.8 Å². The summed E-state index contributed by atoms with van der Waals surface area (Å²) in [6, 6.07) is 8.24. The fourth-order valence-corrected chi connectivity index (χ4v) is 1.95. The van der Waals surface area contributed by atoms with Crippen molar-refractivity contribution >= 4 is 5.78 Å². The molecule has 2 nitrogen and oxygen atoms in total. The lowest BCUT2D eigenvalue weighted by Crippen LogP contribution is -2.23. The Hall–Kier alpha value is -1.15. The molecule has 0 heterocycles. The predicted molar refractivity (Wildman–Crippen MR) is 51.4 cm³/mol. The molecule has 2 heteroatoms. The molecule has 0 radical (unpaired) electrons. The molecule has 0 amide bonds. The Bertz CT molecular complexity index is 308. The number of nitrogens with two attached hydrogens (primary N) is 1. The molecular weight excluding hydrogens is 162 g/mol. The van der Waals surface area contributed by atoms with E-state index in [-0.39, 0.29) is 18.2 Å². The van der Waals surface area contributed by atoms with Gasteiger partial charge in [-0.3, -0.25) is 4.79 Å². The third-order valence-corrected chi connectivity index (χ3v) is 2.71. The summed E-state index contributed by atoms with van der Waals surface area (Å²) in [4.78, 5) is 11.4. The highest BCUT2D eigenvalue weighted by atomic mass is 16.1. The van der Waals surface area contributed by atoms with Crippen molar-refractivity contribution in [3.63, 3.8) is 0 Å². The van der Waals surface area contributed by atoms with Crippen LogP contribution in [0, 0.1) is 5.92 Å². The number of rotatable bonds is 2. The van der Waals surface area contributed by atoms with Crippen LogP contribution in [0.5, 0.6) is 0 Å². The zero-order valence-electron chi connectivity index (χ0n) is 7.49. The van der Waals surface area contributed by atoms with Crippen LogP contribution in [0.4, 0.5) is 0 Å². The third-order valence-electron chi connectivity index (χ3n) is 2.71. The minimum atomic E-state index is 0.141. The number of benzene rings is 1. The largest absolute Gasteiger partial charge is 0.324 e. The molecule has 0 spiro atoms. The van der Waals surface area contributed by atoms with Crippen LogP contribution in [0.15, 0.2) is 24.3 Å². The van der Waals surface area contributed by atoms with Crippen LogP contribution in [0.3, 0.4) is 0 Å². The molecule has 0 saturated carbocycles. The lowest BCUT2D eigenvalue weighted by Gasteiger charge is -2.03. The van der Waals surface area contributed by atoms with Gasteiger partial charge in [0.15, 0.2) is 0 Å². The summed E-state index contributed by atoms with van der Waals surface area (Å²) in [6.07, 6.45) is 1.76. The van der Waals surface area contributed by atoms with Crippen molar-refractivity contribution in [3.05, 3.63) is 35.4 Å². The molecule has 1 aliphatic rings. The standard InChI is InChI=1S/C11H13NO/c12-7-11(13)10-5-8-3-1-2-4-9(8)6-10/h1-4,10H,5-7,12H2. The minimum Gasteiger partial charge on any atom is -0.324 e. The summed E-state index contributed by atoms with van der Waals surface area (Å²) in [5.74, 6) is 0.332. The predicted octanol–water partition coefficient (Wildman–Crippen LogP) is 0.929. The quantitative estimate of drug-likeness (QED) is 0.726. The lowest BCUT2D eigenvalue weighted by atomic mass is 10.0. The van der Waals surface area contributed by atoms with Gasteiger partial charge in [0, 0.05) is 5.92 Å². The van der Waals surface area contributed by atoms with Gasteiger partial charge in [-0.1, -0.05) is 24.3 Å². The van der Waals surface area contributed by atoms with Gasteiger partial charge in [-0.2, -0.15) is 0 Å². The van der Waals surface area contributed by atoms with E-state index in [2.05, 4.69) is 12.1 Å². The number of carbonyl (C=O) groups excluding carboxylic acids is 1. The molecule has 0 fully saturated rings. The average molecular weight is 175 g/mol. The van der Waals surface area contributed by atoms with Gasteiger partial charge in [0.1, 0.15) is 5.78 Å². The third kappa shape index (κ3) is 1.49. The highest BCUT2D eigenvalue weighted by Crippen LogP contribution is 2.26. The van der Waals surface area contributed by atoms with Gasteiger partial charge in [-0.25, -0.2) is 0 Å². The average Bonchev–Trinajstić information content (AvgIpc) is 2.59. The van der Waals surface area contributed by atoms with E-state index in [0.717, 1.165) is 12.8 Å². The lowest BCUT2D eigenvalue weighted by molar-refractivity contribution is -0.121. The molecule has 1 aromatic rings. The molecule has 0 unspecified atom stereocenters. The molecular formula is C11H13NO. The Morgan fingerprint density at radius 3 is 2.31 bits per heavy atom. The Morgan fingerprint density at radius 2 is 1.85 bits per heavy atom. The summed E-state index contributed by atoms with van der Waals surface area (Å²) in [5.41, 5.74) is 7.97. The maximum atomic E-state index is 11.4. The second kappa shape index (κ2) is 3.30. The molecule has 13 heavy (non-hydrogen) atoms. The van der Waals surface area contributed by atoms with E-state index < -0.39 is 0 Å².